The van der Waals surface area contributed by atoms with Gasteiger partial charge >= 0.3 is 0 Å². The van der Waals surface area contributed by atoms with Crippen molar-refractivity contribution in [3.63, 3.8) is 0 Å². The van der Waals surface area contributed by atoms with Crippen molar-refractivity contribution in [3.05, 3.63) is 0 Å². The second kappa shape index (κ2) is 18.2. The lowest BCUT2D eigenvalue weighted by molar-refractivity contribution is -0.133. The monoisotopic (exact) mass is 550 g/mol. The zero-order chi connectivity index (χ0) is 28.6. The van der Waals surface area contributed by atoms with E-state index < -0.39 is 0 Å². The van der Waals surface area contributed by atoms with Gasteiger partial charge in [0, 0.05) is 70.9 Å². The molecule has 0 aromatic rings. The second-order valence-corrected chi connectivity index (χ2v) is 11.0. The van der Waals surface area contributed by atoms with E-state index in [0.717, 1.165) is 90.9 Å². The maximum atomic E-state index is 12.5. The number of piperazine rings is 2. The highest BCUT2D eigenvalue weighted by Gasteiger charge is 2.29. The summed E-state index contributed by atoms with van der Waals surface area (Å²) in [7, 11) is 0. The van der Waals surface area contributed by atoms with Crippen molar-refractivity contribution in [1.82, 2.24) is 30.2 Å². The molecule has 39 heavy (non-hydrogen) atoms. The summed E-state index contributed by atoms with van der Waals surface area (Å²) in [6, 6.07) is 0.628. The predicted octanol–water partition coefficient (Wildman–Crippen LogP) is 1.83. The molecule has 1 unspecified atom stereocenters. The molecule has 3 fully saturated rings. The van der Waals surface area contributed by atoms with Crippen LogP contribution >= 0.6 is 0 Å². The van der Waals surface area contributed by atoms with E-state index in [0.29, 0.717) is 19.0 Å². The molecule has 1 saturated carbocycles. The zero-order valence-electron chi connectivity index (χ0n) is 25.0. The molecule has 0 aromatic carbocycles. The van der Waals surface area contributed by atoms with E-state index in [1.807, 2.05) is 11.8 Å². The fourth-order valence-corrected chi connectivity index (χ4v) is 5.66. The summed E-state index contributed by atoms with van der Waals surface area (Å²) in [4.78, 5) is 54.6. The first-order chi connectivity index (χ1) is 18.8. The van der Waals surface area contributed by atoms with Crippen molar-refractivity contribution in [3.8, 4) is 0 Å². The smallest absolute Gasteiger partial charge is 0.237 e. The Kier molecular flexibility index (Phi) is 15.4. The molecule has 3 aliphatic rings. The van der Waals surface area contributed by atoms with Crippen LogP contribution in [0.3, 0.4) is 0 Å². The maximum Gasteiger partial charge on any atom is 0.237 e. The van der Waals surface area contributed by atoms with Crippen LogP contribution in [0.15, 0.2) is 0 Å². The highest BCUT2D eigenvalue weighted by atomic mass is 16.2. The van der Waals surface area contributed by atoms with E-state index >= 15 is 0 Å². The lowest BCUT2D eigenvalue weighted by Crippen LogP contribution is -2.55. The molecular weight excluding hydrogens is 496 g/mol. The summed E-state index contributed by atoms with van der Waals surface area (Å²) in [5, 5.41) is 6.28. The van der Waals surface area contributed by atoms with Crippen LogP contribution in [-0.4, -0.2) is 121 Å². The van der Waals surface area contributed by atoms with Gasteiger partial charge < -0.3 is 20.4 Å². The van der Waals surface area contributed by atoms with Gasteiger partial charge in [0.15, 0.2) is 0 Å². The van der Waals surface area contributed by atoms with Crippen molar-refractivity contribution < 1.29 is 19.2 Å². The minimum Gasteiger partial charge on any atom is -0.352 e. The first-order valence-electron chi connectivity index (χ1n) is 15.4. The van der Waals surface area contributed by atoms with Crippen LogP contribution in [0.2, 0.25) is 0 Å². The largest absolute Gasteiger partial charge is 0.352 e. The second-order valence-electron chi connectivity index (χ2n) is 11.0. The van der Waals surface area contributed by atoms with E-state index in [9.17, 15) is 19.2 Å². The molecule has 0 aromatic heterocycles. The van der Waals surface area contributed by atoms with E-state index in [1.165, 1.54) is 19.3 Å². The van der Waals surface area contributed by atoms with E-state index in [2.05, 4.69) is 41.2 Å². The van der Waals surface area contributed by atoms with Crippen molar-refractivity contribution in [2.75, 3.05) is 58.9 Å². The standard InChI is InChI=1S/C15H27N3O2.C14H27N3O2/c1-2-14(18-10-8-17(12-19)9-11-18)15(20)16-13-6-4-3-5-7-13;1-4-12(5-2)15-13(18)11-16-7-9-17(10-8-16)14(19)6-3/h12-14H,2-11H2,1H3,(H,16,20);12H,4-11H2,1-3H3,(H,15,18). The van der Waals surface area contributed by atoms with Gasteiger partial charge in [-0.2, -0.15) is 0 Å². The average molecular weight is 551 g/mol. The Labute approximate surface area is 236 Å². The van der Waals surface area contributed by atoms with Crippen LogP contribution in [0.1, 0.15) is 85.5 Å². The van der Waals surface area contributed by atoms with Gasteiger partial charge in [0.2, 0.25) is 24.1 Å². The zero-order valence-corrected chi connectivity index (χ0v) is 25.0. The minimum absolute atomic E-state index is 0.0364. The Morgan fingerprint density at radius 3 is 1.95 bits per heavy atom. The van der Waals surface area contributed by atoms with Crippen LogP contribution in [0, 0.1) is 0 Å². The molecule has 3 rings (SSSR count). The third kappa shape index (κ3) is 11.4. The van der Waals surface area contributed by atoms with Crippen LogP contribution in [0.5, 0.6) is 0 Å². The number of carbonyl (C=O) groups is 4. The lowest BCUT2D eigenvalue weighted by atomic mass is 9.95. The Morgan fingerprint density at radius 1 is 0.821 bits per heavy atom. The molecule has 10 heteroatoms. The SMILES string of the molecule is CCC(=O)N1CCN(CC(=O)NC(CC)CC)CC1.CCC(C(=O)NC1CCCCC1)N1CCN(C=O)CC1. The summed E-state index contributed by atoms with van der Waals surface area (Å²) >= 11 is 0. The van der Waals surface area contributed by atoms with E-state index in [1.54, 1.807) is 4.90 Å². The van der Waals surface area contributed by atoms with E-state index in [-0.39, 0.29) is 29.8 Å². The van der Waals surface area contributed by atoms with Crippen molar-refractivity contribution in [2.24, 2.45) is 0 Å². The fourth-order valence-electron chi connectivity index (χ4n) is 5.66. The molecule has 2 N–H and O–H groups in total. The third-order valence-corrected chi connectivity index (χ3v) is 8.32. The van der Waals surface area contributed by atoms with Gasteiger partial charge in [-0.3, -0.25) is 29.0 Å². The Hall–Kier alpha value is -2.20. The fraction of sp³-hybridized carbons (Fsp3) is 0.862. The van der Waals surface area contributed by atoms with Crippen LogP contribution in [-0.2, 0) is 19.2 Å². The van der Waals surface area contributed by atoms with Crippen molar-refractivity contribution >= 4 is 24.1 Å². The number of amides is 4. The summed E-state index contributed by atoms with van der Waals surface area (Å²) in [6.45, 7) is 14.7. The summed E-state index contributed by atoms with van der Waals surface area (Å²) in [5.74, 6) is 0.490. The van der Waals surface area contributed by atoms with Crippen LogP contribution < -0.4 is 10.6 Å². The highest BCUT2D eigenvalue weighted by Crippen LogP contribution is 2.18. The number of hydrogen-bond donors (Lipinski definition) is 2. The highest BCUT2D eigenvalue weighted by molar-refractivity contribution is 5.82. The van der Waals surface area contributed by atoms with Gasteiger partial charge in [-0.1, -0.05) is 47.0 Å². The van der Waals surface area contributed by atoms with Gasteiger partial charge in [0.1, 0.15) is 0 Å². The van der Waals surface area contributed by atoms with E-state index in [4.69, 9.17) is 0 Å². The van der Waals surface area contributed by atoms with Crippen molar-refractivity contribution in [2.45, 2.75) is 104 Å². The normalized spacial score (nSPS) is 20.1. The number of carbonyl (C=O) groups excluding carboxylic acids is 4. The first kappa shape index (κ1) is 33.0. The molecule has 4 amide bonds. The topological polar surface area (TPSA) is 105 Å². The van der Waals surface area contributed by atoms with Gasteiger partial charge in [-0.15, -0.1) is 0 Å². The van der Waals surface area contributed by atoms with Crippen LogP contribution in [0.4, 0.5) is 0 Å². The molecule has 0 spiro atoms. The summed E-state index contributed by atoms with van der Waals surface area (Å²) in [6.07, 6.45) is 10.3. The third-order valence-electron chi connectivity index (χ3n) is 8.32. The molecule has 10 nitrogen and oxygen atoms in total. The molecule has 224 valence electrons. The molecule has 0 bridgehead atoms. The minimum atomic E-state index is -0.0364. The summed E-state index contributed by atoms with van der Waals surface area (Å²) in [5.41, 5.74) is 0. The average Bonchev–Trinajstić information content (AvgIpc) is 2.97. The number of rotatable bonds is 11. The van der Waals surface area contributed by atoms with Crippen molar-refractivity contribution in [1.29, 1.82) is 0 Å². The molecule has 2 heterocycles. The molecular formula is C29H54N6O4. The maximum absolute atomic E-state index is 12.5. The van der Waals surface area contributed by atoms with Gasteiger partial charge in [0.25, 0.3) is 0 Å². The molecule has 2 saturated heterocycles. The summed E-state index contributed by atoms with van der Waals surface area (Å²) < 4.78 is 0. The molecule has 2 aliphatic heterocycles. The predicted molar refractivity (Wildman–Crippen MR) is 154 cm³/mol. The lowest BCUT2D eigenvalue weighted by Gasteiger charge is -2.37. The Bertz CT molecular complexity index is 740. The molecule has 1 aliphatic carbocycles. The molecule has 0 radical (unpaired) electrons. The first-order valence-corrected chi connectivity index (χ1v) is 15.4. The Morgan fingerprint density at radius 2 is 1.44 bits per heavy atom. The number of nitrogens with one attached hydrogen (secondary N) is 2. The number of hydrogen-bond acceptors (Lipinski definition) is 6. The Balaban J connectivity index is 0.000000274. The van der Waals surface area contributed by atoms with Gasteiger partial charge in [0.05, 0.1) is 12.6 Å². The molecule has 1 atom stereocenters. The quantitative estimate of drug-likeness (QED) is 0.381. The van der Waals surface area contributed by atoms with Gasteiger partial charge in [-0.05, 0) is 32.1 Å². The van der Waals surface area contributed by atoms with Crippen LogP contribution in [0.25, 0.3) is 0 Å². The number of nitrogens with zero attached hydrogens (tertiary/aromatic N) is 4. The van der Waals surface area contributed by atoms with Gasteiger partial charge in [-0.25, -0.2) is 0 Å².